The van der Waals surface area contributed by atoms with E-state index < -0.39 is 16.0 Å². The van der Waals surface area contributed by atoms with Crippen LogP contribution in [0.5, 0.6) is 5.75 Å². The number of phenolic OH excluding ortho intramolecular Hbond substituents is 1. The third kappa shape index (κ3) is 3.65. The summed E-state index contributed by atoms with van der Waals surface area (Å²) in [5.41, 5.74) is 11.5. The molecule has 0 unspecified atom stereocenters. The van der Waals surface area contributed by atoms with Crippen molar-refractivity contribution in [3.05, 3.63) is 66.2 Å². The van der Waals surface area contributed by atoms with Gasteiger partial charge in [-0.1, -0.05) is 30.3 Å². The van der Waals surface area contributed by atoms with E-state index in [1.807, 2.05) is 34.7 Å². The van der Waals surface area contributed by atoms with Crippen LogP contribution in [0, 0.1) is 0 Å². The molecule has 0 atom stereocenters. The number of hydrogen-bond acceptors (Lipinski definition) is 4. The Kier molecular flexibility index (Phi) is 4.59. The average Bonchev–Trinajstić information content (AvgIpc) is 2.60. The molecule has 0 saturated heterocycles. The van der Waals surface area contributed by atoms with Gasteiger partial charge in [0, 0.05) is 11.8 Å². The fourth-order valence-corrected chi connectivity index (χ4v) is 3.41. The molecule has 0 heterocycles. The Morgan fingerprint density at radius 1 is 1.00 bits per heavy atom. The molecule has 0 aliphatic rings. The zero-order valence-corrected chi connectivity index (χ0v) is 14.4. The minimum Gasteiger partial charge on any atom is -0.507 e. The second-order valence-corrected chi connectivity index (χ2v) is 7.21. The lowest BCUT2D eigenvalue weighted by molar-refractivity contribution is -0.270. The molecular formula is C18H17N4O3S+. The third-order valence-electron chi connectivity index (χ3n) is 3.69. The highest BCUT2D eigenvalue weighted by atomic mass is 32.2. The summed E-state index contributed by atoms with van der Waals surface area (Å²) in [6.07, 6.45) is 1.55. The number of aliphatic imine (C=N–C) groups is 1. The minimum atomic E-state index is -3.81. The van der Waals surface area contributed by atoms with E-state index in [0.29, 0.717) is 11.3 Å². The summed E-state index contributed by atoms with van der Waals surface area (Å²) in [5.74, 6) is -0.289. The summed E-state index contributed by atoms with van der Waals surface area (Å²) >= 11 is 0. The van der Waals surface area contributed by atoms with E-state index in [9.17, 15) is 13.5 Å². The number of nitrogens with zero attached hydrogens (tertiary/aromatic N) is 1. The fraction of sp³-hybridized carbons (Fsp3) is 0. The molecule has 0 fully saturated rings. The van der Waals surface area contributed by atoms with Crippen LogP contribution in [0.1, 0.15) is 5.56 Å². The third-order valence-corrected chi connectivity index (χ3v) is 5.09. The first-order valence-corrected chi connectivity index (χ1v) is 9.11. The van der Waals surface area contributed by atoms with E-state index in [4.69, 9.17) is 11.5 Å². The topological polar surface area (TPSA) is 133 Å². The smallest absolute Gasteiger partial charge is 0.353 e. The van der Waals surface area contributed by atoms with Gasteiger partial charge in [0.15, 0.2) is 0 Å². The largest absolute Gasteiger partial charge is 0.507 e. The molecule has 6 N–H and O–H groups in total. The maximum Gasteiger partial charge on any atom is 0.353 e. The molecule has 0 amide bonds. The Bertz CT molecular complexity index is 1120. The second kappa shape index (κ2) is 6.85. The number of nitrogens with two attached hydrogens (primary N) is 2. The molecular weight excluding hydrogens is 352 g/mol. The quantitative estimate of drug-likeness (QED) is 0.389. The molecule has 0 aromatic heterocycles. The SMILES string of the molecule is NC(N)=[NH+]S(=O)(=O)c1ccc(N=Cc2c(O)ccc3ccccc23)cc1. The van der Waals surface area contributed by atoms with Crippen LogP contribution in [-0.4, -0.2) is 25.7 Å². The van der Waals surface area contributed by atoms with Gasteiger partial charge in [0.2, 0.25) is 0 Å². The van der Waals surface area contributed by atoms with Crippen molar-refractivity contribution in [3.63, 3.8) is 0 Å². The van der Waals surface area contributed by atoms with E-state index in [1.54, 1.807) is 24.4 Å². The van der Waals surface area contributed by atoms with E-state index in [1.165, 1.54) is 12.1 Å². The maximum absolute atomic E-state index is 12.0. The summed E-state index contributed by atoms with van der Waals surface area (Å²) < 4.78 is 25.9. The molecule has 0 aliphatic heterocycles. The molecule has 132 valence electrons. The highest BCUT2D eigenvalue weighted by Gasteiger charge is 2.14. The number of fused-ring (bicyclic) bond motifs is 1. The molecule has 26 heavy (non-hydrogen) atoms. The van der Waals surface area contributed by atoms with Crippen molar-refractivity contribution >= 4 is 38.7 Å². The molecule has 8 heteroatoms. The summed E-state index contributed by atoms with van der Waals surface area (Å²) in [4.78, 5) is 4.33. The predicted octanol–water partition coefficient (Wildman–Crippen LogP) is 0.339. The number of phenols is 1. The first-order chi connectivity index (χ1) is 12.4. The molecule has 3 rings (SSSR count). The zero-order valence-electron chi connectivity index (χ0n) is 13.6. The van der Waals surface area contributed by atoms with Crippen LogP contribution in [-0.2, 0) is 10.0 Å². The van der Waals surface area contributed by atoms with Gasteiger partial charge in [-0.15, -0.1) is 0 Å². The van der Waals surface area contributed by atoms with E-state index in [2.05, 4.69) is 4.99 Å². The lowest BCUT2D eigenvalue weighted by atomic mass is 10.0. The van der Waals surface area contributed by atoms with Crippen LogP contribution < -0.4 is 15.9 Å². The first kappa shape index (κ1) is 17.4. The Morgan fingerprint density at radius 3 is 2.38 bits per heavy atom. The Labute approximate surface area is 150 Å². The zero-order chi connectivity index (χ0) is 18.7. The Hall–Kier alpha value is -3.39. The van der Waals surface area contributed by atoms with Crippen LogP contribution in [0.15, 0.2) is 70.6 Å². The van der Waals surface area contributed by atoms with Gasteiger partial charge in [-0.05, 0) is 41.1 Å². The van der Waals surface area contributed by atoms with E-state index in [0.717, 1.165) is 10.8 Å². The van der Waals surface area contributed by atoms with Crippen LogP contribution in [0.4, 0.5) is 5.69 Å². The van der Waals surface area contributed by atoms with Gasteiger partial charge in [0.1, 0.15) is 10.6 Å². The molecule has 7 nitrogen and oxygen atoms in total. The Balaban J connectivity index is 1.93. The van der Waals surface area contributed by atoms with Gasteiger partial charge in [0.05, 0.1) is 5.69 Å². The highest BCUT2D eigenvalue weighted by Crippen LogP contribution is 2.26. The molecule has 3 aromatic carbocycles. The Morgan fingerprint density at radius 2 is 1.69 bits per heavy atom. The van der Waals surface area contributed by atoms with Crippen LogP contribution in [0.3, 0.4) is 0 Å². The standard InChI is InChI=1S/C18H16N4O3S/c19-18(20)22-26(24,25)14-8-6-13(7-9-14)21-11-16-15-4-2-1-3-12(15)5-10-17(16)23/h1-11,23H,(H4,19,20,22)/p+1. The summed E-state index contributed by atoms with van der Waals surface area (Å²) in [5, 5.41) is 12.0. The predicted molar refractivity (Wildman–Crippen MR) is 101 cm³/mol. The normalized spacial score (nSPS) is 11.7. The number of nitrogens with one attached hydrogen (secondary N) is 1. The van der Waals surface area contributed by atoms with Gasteiger partial charge in [-0.2, -0.15) is 12.8 Å². The number of sulfonamides is 1. The molecule has 0 bridgehead atoms. The van der Waals surface area contributed by atoms with Crippen molar-refractivity contribution in [1.82, 2.24) is 0 Å². The van der Waals surface area contributed by atoms with Crippen LogP contribution in [0.25, 0.3) is 10.8 Å². The van der Waals surface area contributed by atoms with Crippen molar-refractivity contribution in [2.75, 3.05) is 0 Å². The lowest BCUT2D eigenvalue weighted by Crippen LogP contribution is -2.80. The van der Waals surface area contributed by atoms with E-state index >= 15 is 0 Å². The number of benzene rings is 3. The van der Waals surface area contributed by atoms with Crippen LogP contribution in [0.2, 0.25) is 0 Å². The molecule has 3 aromatic rings. The van der Waals surface area contributed by atoms with Crippen molar-refractivity contribution in [2.24, 2.45) is 16.5 Å². The summed E-state index contributed by atoms with van der Waals surface area (Å²) in [6.45, 7) is 0. The van der Waals surface area contributed by atoms with Gasteiger partial charge in [-0.3, -0.25) is 16.5 Å². The van der Waals surface area contributed by atoms with Gasteiger partial charge < -0.3 is 5.11 Å². The number of rotatable bonds is 4. The summed E-state index contributed by atoms with van der Waals surface area (Å²) in [7, 11) is -3.81. The number of aromatic hydroxyl groups is 1. The van der Waals surface area contributed by atoms with Crippen molar-refractivity contribution in [3.8, 4) is 5.75 Å². The van der Waals surface area contributed by atoms with Crippen molar-refractivity contribution in [2.45, 2.75) is 4.90 Å². The van der Waals surface area contributed by atoms with Gasteiger partial charge in [-0.25, -0.2) is 0 Å². The molecule has 0 radical (unpaired) electrons. The maximum atomic E-state index is 12.0. The number of guanidine groups is 1. The lowest BCUT2D eigenvalue weighted by Gasteiger charge is -2.04. The fourth-order valence-electron chi connectivity index (χ4n) is 2.48. The first-order valence-electron chi connectivity index (χ1n) is 7.62. The number of hydrogen-bond donors (Lipinski definition) is 4. The second-order valence-electron chi connectivity index (χ2n) is 5.53. The van der Waals surface area contributed by atoms with E-state index in [-0.39, 0.29) is 10.6 Å². The molecule has 0 saturated carbocycles. The van der Waals surface area contributed by atoms with Crippen molar-refractivity contribution < 1.29 is 17.9 Å². The van der Waals surface area contributed by atoms with Gasteiger partial charge in [0.25, 0.3) is 0 Å². The minimum absolute atomic E-state index is 0.0119. The average molecular weight is 369 g/mol. The van der Waals surface area contributed by atoms with Crippen molar-refractivity contribution in [1.29, 1.82) is 0 Å². The molecule has 0 spiro atoms. The van der Waals surface area contributed by atoms with Crippen LogP contribution >= 0.6 is 0 Å². The summed E-state index contributed by atoms with van der Waals surface area (Å²) in [6, 6.07) is 16.9. The highest BCUT2D eigenvalue weighted by molar-refractivity contribution is 7.84. The monoisotopic (exact) mass is 369 g/mol. The molecule has 0 aliphatic carbocycles. The van der Waals surface area contributed by atoms with Gasteiger partial charge >= 0.3 is 16.0 Å².